The Bertz CT molecular complexity index is 329. The van der Waals surface area contributed by atoms with E-state index in [1.165, 1.54) is 6.20 Å². The fourth-order valence-electron chi connectivity index (χ4n) is 1.67. The minimum atomic E-state index is -0.196. The van der Waals surface area contributed by atoms with Gasteiger partial charge in [-0.25, -0.2) is 0 Å². The van der Waals surface area contributed by atoms with Gasteiger partial charge in [0.15, 0.2) is 0 Å². The maximum Gasteiger partial charge on any atom is 0.266 e. The number of methoxy groups -OCH3 is 1. The van der Waals surface area contributed by atoms with Crippen molar-refractivity contribution in [1.82, 2.24) is 15.5 Å². The van der Waals surface area contributed by atoms with Crippen molar-refractivity contribution in [3.8, 4) is 6.07 Å². The molecule has 0 saturated carbocycles. The smallest absolute Gasteiger partial charge is 0.266 e. The Hall–Kier alpha value is -1.58. The SMILES string of the molecule is COCCCN/C=C(/C#N)C(=O)N1CCNCC1. The van der Waals surface area contributed by atoms with Gasteiger partial charge < -0.3 is 20.3 Å². The van der Waals surface area contributed by atoms with Crippen LogP contribution in [0, 0.1) is 11.3 Å². The molecule has 1 heterocycles. The van der Waals surface area contributed by atoms with Crippen molar-refractivity contribution in [2.75, 3.05) is 46.4 Å². The van der Waals surface area contributed by atoms with Crippen LogP contribution >= 0.6 is 0 Å². The van der Waals surface area contributed by atoms with Gasteiger partial charge in [0.1, 0.15) is 11.6 Å². The van der Waals surface area contributed by atoms with Gasteiger partial charge in [-0.05, 0) is 6.42 Å². The summed E-state index contributed by atoms with van der Waals surface area (Å²) < 4.78 is 4.91. The summed E-state index contributed by atoms with van der Waals surface area (Å²) in [7, 11) is 1.64. The molecule has 2 N–H and O–H groups in total. The van der Waals surface area contributed by atoms with Crippen molar-refractivity contribution in [2.24, 2.45) is 0 Å². The zero-order valence-corrected chi connectivity index (χ0v) is 10.7. The molecule has 0 bridgehead atoms. The molecule has 0 aromatic heterocycles. The number of carbonyl (C=O) groups excluding carboxylic acids is 1. The third kappa shape index (κ3) is 4.73. The summed E-state index contributed by atoms with van der Waals surface area (Å²) in [5.74, 6) is -0.196. The lowest BCUT2D eigenvalue weighted by molar-refractivity contribution is -0.127. The third-order valence-corrected chi connectivity index (χ3v) is 2.67. The highest BCUT2D eigenvalue weighted by Crippen LogP contribution is 2.01. The number of amides is 1. The van der Waals surface area contributed by atoms with Gasteiger partial charge in [0.2, 0.25) is 0 Å². The summed E-state index contributed by atoms with van der Waals surface area (Å²) >= 11 is 0. The average molecular weight is 252 g/mol. The van der Waals surface area contributed by atoms with E-state index in [1.54, 1.807) is 12.0 Å². The Balaban J connectivity index is 2.41. The zero-order chi connectivity index (χ0) is 13.2. The molecule has 1 aliphatic rings. The van der Waals surface area contributed by atoms with Gasteiger partial charge in [-0.3, -0.25) is 4.79 Å². The highest BCUT2D eigenvalue weighted by Gasteiger charge is 2.19. The van der Waals surface area contributed by atoms with E-state index >= 15 is 0 Å². The molecule has 0 aliphatic carbocycles. The van der Waals surface area contributed by atoms with Crippen molar-refractivity contribution in [3.05, 3.63) is 11.8 Å². The quantitative estimate of drug-likeness (QED) is 0.377. The number of hydrogen-bond donors (Lipinski definition) is 2. The molecule has 1 rings (SSSR count). The molecule has 100 valence electrons. The number of nitrogens with zero attached hydrogens (tertiary/aromatic N) is 2. The summed E-state index contributed by atoms with van der Waals surface area (Å²) in [4.78, 5) is 13.7. The number of nitriles is 1. The normalized spacial score (nSPS) is 16.2. The highest BCUT2D eigenvalue weighted by molar-refractivity contribution is 5.97. The van der Waals surface area contributed by atoms with Gasteiger partial charge in [0, 0.05) is 52.6 Å². The van der Waals surface area contributed by atoms with Crippen LogP contribution in [0.15, 0.2) is 11.8 Å². The molecule has 0 aromatic carbocycles. The molecule has 0 atom stereocenters. The zero-order valence-electron chi connectivity index (χ0n) is 10.7. The molecule has 0 aromatic rings. The van der Waals surface area contributed by atoms with E-state index in [1.807, 2.05) is 6.07 Å². The standard InChI is InChI=1S/C12H20N4O2/c1-18-8-2-3-15-10-11(9-13)12(17)16-6-4-14-5-7-16/h10,14-15H,2-8H2,1H3/b11-10-. The molecule has 1 amide bonds. The lowest BCUT2D eigenvalue weighted by Gasteiger charge is -2.27. The molecular formula is C12H20N4O2. The molecule has 1 saturated heterocycles. The Morgan fingerprint density at radius 2 is 2.28 bits per heavy atom. The number of piperazine rings is 1. The molecule has 1 fully saturated rings. The van der Waals surface area contributed by atoms with Crippen LogP contribution in [0.3, 0.4) is 0 Å². The van der Waals surface area contributed by atoms with Crippen LogP contribution in [0.4, 0.5) is 0 Å². The predicted molar refractivity (Wildman–Crippen MR) is 67.6 cm³/mol. The van der Waals surface area contributed by atoms with Crippen molar-refractivity contribution in [1.29, 1.82) is 5.26 Å². The van der Waals surface area contributed by atoms with Crippen LogP contribution in [0.25, 0.3) is 0 Å². The first kappa shape index (κ1) is 14.5. The largest absolute Gasteiger partial charge is 0.390 e. The van der Waals surface area contributed by atoms with Gasteiger partial charge in [-0.15, -0.1) is 0 Å². The minimum Gasteiger partial charge on any atom is -0.390 e. The van der Waals surface area contributed by atoms with Crippen LogP contribution in [-0.4, -0.2) is 57.2 Å². The molecule has 0 unspecified atom stereocenters. The molecular weight excluding hydrogens is 232 g/mol. The Morgan fingerprint density at radius 1 is 1.56 bits per heavy atom. The summed E-state index contributed by atoms with van der Waals surface area (Å²) in [5, 5.41) is 15.1. The minimum absolute atomic E-state index is 0.161. The van der Waals surface area contributed by atoms with E-state index in [-0.39, 0.29) is 11.5 Å². The second-order valence-corrected chi connectivity index (χ2v) is 4.01. The van der Waals surface area contributed by atoms with Crippen LogP contribution in [0.5, 0.6) is 0 Å². The monoisotopic (exact) mass is 252 g/mol. The van der Waals surface area contributed by atoms with Gasteiger partial charge in [-0.2, -0.15) is 5.26 Å². The lowest BCUT2D eigenvalue weighted by atomic mass is 10.2. The summed E-state index contributed by atoms with van der Waals surface area (Å²) in [5.41, 5.74) is 0.161. The molecule has 6 nitrogen and oxygen atoms in total. The fraction of sp³-hybridized carbons (Fsp3) is 0.667. The van der Waals surface area contributed by atoms with Crippen molar-refractivity contribution in [2.45, 2.75) is 6.42 Å². The molecule has 0 radical (unpaired) electrons. The number of hydrogen-bond acceptors (Lipinski definition) is 5. The van der Waals surface area contributed by atoms with E-state index in [2.05, 4.69) is 10.6 Å². The van der Waals surface area contributed by atoms with Gasteiger partial charge in [0.25, 0.3) is 5.91 Å². The van der Waals surface area contributed by atoms with Crippen molar-refractivity contribution < 1.29 is 9.53 Å². The Kier molecular flexibility index (Phi) is 6.84. The van der Waals surface area contributed by atoms with Gasteiger partial charge in [-0.1, -0.05) is 0 Å². The Labute approximate surface area is 108 Å². The van der Waals surface area contributed by atoms with Crippen LogP contribution < -0.4 is 10.6 Å². The summed E-state index contributed by atoms with van der Waals surface area (Å²) in [6.07, 6.45) is 2.34. The lowest BCUT2D eigenvalue weighted by Crippen LogP contribution is -2.46. The topological polar surface area (TPSA) is 77.4 Å². The van der Waals surface area contributed by atoms with Crippen molar-refractivity contribution in [3.63, 3.8) is 0 Å². The van der Waals surface area contributed by atoms with E-state index in [0.717, 1.165) is 19.5 Å². The predicted octanol–water partition coefficient (Wildman–Crippen LogP) is -0.548. The maximum absolute atomic E-state index is 12.0. The van der Waals surface area contributed by atoms with Crippen molar-refractivity contribution >= 4 is 5.91 Å². The third-order valence-electron chi connectivity index (χ3n) is 2.67. The van der Waals surface area contributed by atoms with E-state index in [9.17, 15) is 4.79 Å². The molecule has 18 heavy (non-hydrogen) atoms. The number of ether oxygens (including phenoxy) is 1. The maximum atomic E-state index is 12.0. The second kappa shape index (κ2) is 8.50. The second-order valence-electron chi connectivity index (χ2n) is 4.01. The highest BCUT2D eigenvalue weighted by atomic mass is 16.5. The van der Waals surface area contributed by atoms with Crippen LogP contribution in [-0.2, 0) is 9.53 Å². The first-order valence-electron chi connectivity index (χ1n) is 6.12. The number of nitrogens with one attached hydrogen (secondary N) is 2. The molecule has 0 spiro atoms. The van der Waals surface area contributed by atoms with Crippen LogP contribution in [0.2, 0.25) is 0 Å². The Morgan fingerprint density at radius 3 is 2.89 bits per heavy atom. The van der Waals surface area contributed by atoms with Gasteiger partial charge >= 0.3 is 0 Å². The van der Waals surface area contributed by atoms with E-state index in [4.69, 9.17) is 10.00 Å². The number of carbonyl (C=O) groups is 1. The first-order chi connectivity index (χ1) is 8.79. The summed E-state index contributed by atoms with van der Waals surface area (Å²) in [6.45, 7) is 4.23. The molecule has 6 heteroatoms. The number of rotatable bonds is 6. The van der Waals surface area contributed by atoms with E-state index < -0.39 is 0 Å². The fourth-order valence-corrected chi connectivity index (χ4v) is 1.67. The first-order valence-corrected chi connectivity index (χ1v) is 6.12. The van der Waals surface area contributed by atoms with Gasteiger partial charge in [0.05, 0.1) is 0 Å². The summed E-state index contributed by atoms with van der Waals surface area (Å²) in [6, 6.07) is 1.95. The average Bonchev–Trinajstić information content (AvgIpc) is 2.43. The molecule has 1 aliphatic heterocycles. The van der Waals surface area contributed by atoms with Crippen LogP contribution in [0.1, 0.15) is 6.42 Å². The van der Waals surface area contributed by atoms with E-state index in [0.29, 0.717) is 26.2 Å².